The van der Waals surface area contributed by atoms with Gasteiger partial charge in [-0.15, -0.1) is 0 Å². The number of aliphatic hydroxyl groups is 1. The number of hydrogen-bond donors (Lipinski definition) is 3. The van der Waals surface area contributed by atoms with Crippen LogP contribution in [-0.2, 0) is 5.41 Å². The van der Waals surface area contributed by atoms with Crippen LogP contribution in [0.3, 0.4) is 0 Å². The molecule has 1 aromatic carbocycles. The number of carbonyl (C=O) groups is 1. The van der Waals surface area contributed by atoms with E-state index in [4.69, 9.17) is 5.11 Å². The topological polar surface area (TPSA) is 61.4 Å². The van der Waals surface area contributed by atoms with E-state index in [-0.39, 0.29) is 24.1 Å². The van der Waals surface area contributed by atoms with Gasteiger partial charge in [0.25, 0.3) is 0 Å². The highest BCUT2D eigenvalue weighted by Crippen LogP contribution is 2.29. The van der Waals surface area contributed by atoms with E-state index < -0.39 is 0 Å². The lowest BCUT2D eigenvalue weighted by atomic mass is 9.86. The normalized spacial score (nSPS) is 12.8. The zero-order chi connectivity index (χ0) is 15.9. The molecule has 1 rings (SSSR count). The van der Waals surface area contributed by atoms with E-state index in [1.807, 2.05) is 30.5 Å². The summed E-state index contributed by atoms with van der Waals surface area (Å²) in [5, 5.41) is 14.9. The highest BCUT2D eigenvalue weighted by atomic mass is 32.2. The van der Waals surface area contributed by atoms with Crippen LogP contribution in [0.25, 0.3) is 0 Å². The van der Waals surface area contributed by atoms with E-state index in [1.165, 1.54) is 0 Å². The minimum Gasteiger partial charge on any atom is -0.396 e. The third kappa shape index (κ3) is 5.98. The number of thioether (sulfide) groups is 1. The fourth-order valence-electron chi connectivity index (χ4n) is 2.14. The molecular formula is C16H26N2O2S. The second-order valence-corrected chi connectivity index (χ2v) is 6.97. The maximum atomic E-state index is 12.1. The maximum Gasteiger partial charge on any atom is 0.319 e. The van der Waals surface area contributed by atoms with Gasteiger partial charge in [0.05, 0.1) is 0 Å². The number of urea groups is 1. The molecule has 0 spiro atoms. The Morgan fingerprint density at radius 3 is 2.57 bits per heavy atom. The van der Waals surface area contributed by atoms with Crippen molar-refractivity contribution < 1.29 is 9.90 Å². The number of nitrogens with one attached hydrogen (secondary N) is 2. The van der Waals surface area contributed by atoms with Gasteiger partial charge in [0.15, 0.2) is 0 Å². The first kappa shape index (κ1) is 17.9. The van der Waals surface area contributed by atoms with Gasteiger partial charge in [-0.3, -0.25) is 0 Å². The SMILES string of the molecule is CSC[C@H](CCO)NC(=O)Nc1ccccc1C(C)(C)C. The van der Waals surface area contributed by atoms with Crippen LogP contribution < -0.4 is 10.6 Å². The van der Waals surface area contributed by atoms with Gasteiger partial charge in [0, 0.05) is 24.1 Å². The summed E-state index contributed by atoms with van der Waals surface area (Å²) in [5.41, 5.74) is 1.89. The molecule has 0 aliphatic heterocycles. The molecule has 0 bridgehead atoms. The molecule has 0 unspecified atom stereocenters. The van der Waals surface area contributed by atoms with Gasteiger partial charge in [-0.2, -0.15) is 11.8 Å². The molecule has 2 amide bonds. The van der Waals surface area contributed by atoms with Crippen molar-refractivity contribution in [3.8, 4) is 0 Å². The number of para-hydroxylation sites is 1. The lowest BCUT2D eigenvalue weighted by Crippen LogP contribution is -2.40. The van der Waals surface area contributed by atoms with E-state index >= 15 is 0 Å². The van der Waals surface area contributed by atoms with Crippen LogP contribution in [0.2, 0.25) is 0 Å². The Kier molecular flexibility index (Phi) is 7.05. The zero-order valence-corrected chi connectivity index (χ0v) is 14.1. The van der Waals surface area contributed by atoms with Crippen LogP contribution >= 0.6 is 11.8 Å². The summed E-state index contributed by atoms with van der Waals surface area (Å²) in [5.74, 6) is 0.787. The molecule has 21 heavy (non-hydrogen) atoms. The van der Waals surface area contributed by atoms with Crippen molar-refractivity contribution in [3.05, 3.63) is 29.8 Å². The average Bonchev–Trinajstić information content (AvgIpc) is 2.38. The number of anilines is 1. The third-order valence-corrected chi connectivity index (χ3v) is 3.90. The molecule has 0 aromatic heterocycles. The van der Waals surface area contributed by atoms with Crippen LogP contribution in [0.15, 0.2) is 24.3 Å². The number of aliphatic hydroxyl groups excluding tert-OH is 1. The summed E-state index contributed by atoms with van der Waals surface area (Å²) in [7, 11) is 0. The number of amides is 2. The molecule has 5 heteroatoms. The Morgan fingerprint density at radius 2 is 2.00 bits per heavy atom. The van der Waals surface area contributed by atoms with Crippen molar-refractivity contribution in [2.45, 2.75) is 38.6 Å². The molecule has 0 aliphatic carbocycles. The summed E-state index contributed by atoms with van der Waals surface area (Å²) in [6.45, 7) is 6.43. The number of hydrogen-bond acceptors (Lipinski definition) is 3. The molecule has 0 heterocycles. The highest BCUT2D eigenvalue weighted by Gasteiger charge is 2.19. The summed E-state index contributed by atoms with van der Waals surface area (Å²) < 4.78 is 0. The van der Waals surface area contributed by atoms with Crippen LogP contribution in [0, 0.1) is 0 Å². The average molecular weight is 310 g/mol. The summed E-state index contributed by atoms with van der Waals surface area (Å²) in [6.07, 6.45) is 2.55. The van der Waals surface area contributed by atoms with Crippen molar-refractivity contribution in [2.75, 3.05) is 23.9 Å². The molecule has 1 atom stereocenters. The van der Waals surface area contributed by atoms with Gasteiger partial charge in [-0.1, -0.05) is 39.0 Å². The molecule has 1 aromatic rings. The van der Waals surface area contributed by atoms with E-state index in [1.54, 1.807) is 11.8 Å². The predicted octanol–water partition coefficient (Wildman–Crippen LogP) is 3.22. The monoisotopic (exact) mass is 310 g/mol. The minimum absolute atomic E-state index is 0.0215. The Morgan fingerprint density at radius 1 is 1.33 bits per heavy atom. The highest BCUT2D eigenvalue weighted by molar-refractivity contribution is 7.98. The predicted molar refractivity (Wildman–Crippen MR) is 91.2 cm³/mol. The molecule has 4 nitrogen and oxygen atoms in total. The first-order valence-corrected chi connectivity index (χ1v) is 8.54. The summed E-state index contributed by atoms with van der Waals surface area (Å²) >= 11 is 1.65. The molecule has 0 radical (unpaired) electrons. The first-order valence-electron chi connectivity index (χ1n) is 7.15. The number of rotatable bonds is 6. The fourth-order valence-corrected chi connectivity index (χ4v) is 2.80. The van der Waals surface area contributed by atoms with Crippen molar-refractivity contribution in [2.24, 2.45) is 0 Å². The van der Waals surface area contributed by atoms with E-state index in [0.29, 0.717) is 6.42 Å². The van der Waals surface area contributed by atoms with E-state index in [2.05, 4.69) is 31.4 Å². The van der Waals surface area contributed by atoms with E-state index in [9.17, 15) is 4.79 Å². The number of benzene rings is 1. The van der Waals surface area contributed by atoms with Crippen molar-refractivity contribution >= 4 is 23.5 Å². The van der Waals surface area contributed by atoms with Crippen LogP contribution in [0.4, 0.5) is 10.5 Å². The van der Waals surface area contributed by atoms with Crippen molar-refractivity contribution in [1.82, 2.24) is 5.32 Å². The lowest BCUT2D eigenvalue weighted by Gasteiger charge is -2.24. The Bertz CT molecular complexity index is 452. The molecular weight excluding hydrogens is 284 g/mol. The lowest BCUT2D eigenvalue weighted by molar-refractivity contribution is 0.241. The van der Waals surface area contributed by atoms with Gasteiger partial charge < -0.3 is 15.7 Å². The Balaban J connectivity index is 2.75. The van der Waals surface area contributed by atoms with Crippen LogP contribution in [-0.4, -0.2) is 35.8 Å². The van der Waals surface area contributed by atoms with Gasteiger partial charge >= 0.3 is 6.03 Å². The van der Waals surface area contributed by atoms with Crippen LogP contribution in [0.5, 0.6) is 0 Å². The fraction of sp³-hybridized carbons (Fsp3) is 0.562. The summed E-state index contributed by atoms with van der Waals surface area (Å²) in [4.78, 5) is 12.1. The van der Waals surface area contributed by atoms with Crippen molar-refractivity contribution in [3.63, 3.8) is 0 Å². The Labute approximate surface area is 131 Å². The standard InChI is InChI=1S/C16H26N2O2S/c1-16(2,3)13-7-5-6-8-14(13)18-15(20)17-12(9-10-19)11-21-4/h5-8,12,19H,9-11H2,1-4H3,(H2,17,18,20)/t12-/m0/s1. The van der Waals surface area contributed by atoms with Gasteiger partial charge in [-0.05, 0) is 29.7 Å². The smallest absolute Gasteiger partial charge is 0.319 e. The molecule has 0 aliphatic rings. The van der Waals surface area contributed by atoms with Crippen LogP contribution in [0.1, 0.15) is 32.8 Å². The number of carbonyl (C=O) groups excluding carboxylic acids is 1. The zero-order valence-electron chi connectivity index (χ0n) is 13.3. The molecule has 0 saturated carbocycles. The molecule has 118 valence electrons. The minimum atomic E-state index is -0.223. The Hall–Kier alpha value is -1.20. The summed E-state index contributed by atoms with van der Waals surface area (Å²) in [6, 6.07) is 7.59. The second-order valence-electron chi connectivity index (χ2n) is 6.06. The second kappa shape index (κ2) is 8.29. The largest absolute Gasteiger partial charge is 0.396 e. The quantitative estimate of drug-likeness (QED) is 0.756. The first-order chi connectivity index (χ1) is 9.88. The maximum absolute atomic E-state index is 12.1. The van der Waals surface area contributed by atoms with Gasteiger partial charge in [0.1, 0.15) is 0 Å². The van der Waals surface area contributed by atoms with Gasteiger partial charge in [-0.25, -0.2) is 4.79 Å². The molecule has 0 fully saturated rings. The van der Waals surface area contributed by atoms with E-state index in [0.717, 1.165) is 17.0 Å². The van der Waals surface area contributed by atoms with Gasteiger partial charge in [0.2, 0.25) is 0 Å². The molecule has 0 saturated heterocycles. The third-order valence-electron chi connectivity index (χ3n) is 3.16. The molecule has 3 N–H and O–H groups in total. The van der Waals surface area contributed by atoms with Crippen molar-refractivity contribution in [1.29, 1.82) is 0 Å².